The Morgan fingerprint density at radius 1 is 1.32 bits per heavy atom. The van der Waals surface area contributed by atoms with Gasteiger partial charge < -0.3 is 5.84 Å². The Bertz CT molecular complexity index is 946. The predicted molar refractivity (Wildman–Crippen MR) is 80.6 cm³/mol. The average molecular weight is 331 g/mol. The summed E-state index contributed by atoms with van der Waals surface area (Å²) in [5.41, 5.74) is 0.142. The van der Waals surface area contributed by atoms with Crippen molar-refractivity contribution in [1.29, 1.82) is 10.5 Å². The quantitative estimate of drug-likeness (QED) is 0.381. The van der Waals surface area contributed by atoms with Crippen molar-refractivity contribution in [3.05, 3.63) is 45.8 Å². The molecule has 1 aromatic heterocycles. The van der Waals surface area contributed by atoms with Crippen molar-refractivity contribution in [2.24, 2.45) is 10.9 Å². The van der Waals surface area contributed by atoms with Crippen molar-refractivity contribution in [3.8, 4) is 12.1 Å². The van der Waals surface area contributed by atoms with E-state index in [1.54, 1.807) is 19.1 Å². The van der Waals surface area contributed by atoms with Crippen LogP contribution in [0, 0.1) is 29.6 Å². The summed E-state index contributed by atoms with van der Waals surface area (Å²) in [5.74, 6) is 5.24. The van der Waals surface area contributed by atoms with Crippen LogP contribution in [-0.4, -0.2) is 17.8 Å². The number of nitrogens with zero attached hydrogens (tertiary/aromatic N) is 4. The molecule has 0 spiro atoms. The van der Waals surface area contributed by atoms with Crippen LogP contribution in [0.1, 0.15) is 21.6 Å². The van der Waals surface area contributed by atoms with E-state index in [0.29, 0.717) is 4.88 Å². The minimum Gasteiger partial charge on any atom is -0.322 e. The third kappa shape index (κ3) is 2.44. The molecule has 0 fully saturated rings. The van der Waals surface area contributed by atoms with E-state index in [9.17, 15) is 8.42 Å². The molecule has 0 atom stereocenters. The molecule has 1 heterocycles. The second-order valence-electron chi connectivity index (χ2n) is 4.13. The van der Waals surface area contributed by atoms with Crippen LogP contribution in [0.2, 0.25) is 0 Å². The van der Waals surface area contributed by atoms with Gasteiger partial charge in [-0.2, -0.15) is 20.0 Å². The molecule has 110 valence electrons. The summed E-state index contributed by atoms with van der Waals surface area (Å²) >= 11 is 0.903. The van der Waals surface area contributed by atoms with Gasteiger partial charge in [-0.15, -0.1) is 0 Å². The lowest BCUT2D eigenvalue weighted by molar-refractivity contribution is 0.604. The lowest BCUT2D eigenvalue weighted by Gasteiger charge is -2.07. The number of hydrogen-bond acceptors (Lipinski definition) is 8. The molecule has 0 aliphatic carbocycles. The summed E-state index contributed by atoms with van der Waals surface area (Å²) in [7, 11) is -4.21. The first-order valence-electron chi connectivity index (χ1n) is 5.86. The third-order valence-electron chi connectivity index (χ3n) is 2.85. The normalized spacial score (nSPS) is 11.7. The number of aromatic nitrogens is 1. The van der Waals surface area contributed by atoms with E-state index in [1.807, 2.05) is 12.1 Å². The minimum atomic E-state index is -4.21. The standard InChI is InChI=1S/C13H9N5O2S2/c1-8-11(7-15)13(18-21-8)22(19,20)12(17-16)10-5-3-2-4-9(10)6-14/h2-5H,16H2,1H3/b17-12+. The van der Waals surface area contributed by atoms with Gasteiger partial charge in [0, 0.05) is 10.4 Å². The van der Waals surface area contributed by atoms with Crippen molar-refractivity contribution < 1.29 is 8.42 Å². The van der Waals surface area contributed by atoms with Gasteiger partial charge in [0.2, 0.25) is 9.84 Å². The molecule has 0 unspecified atom stereocenters. The van der Waals surface area contributed by atoms with Gasteiger partial charge in [0.15, 0.2) is 10.1 Å². The number of nitrogens with two attached hydrogens (primary N) is 1. The zero-order valence-corrected chi connectivity index (χ0v) is 12.9. The molecular weight excluding hydrogens is 322 g/mol. The second kappa shape index (κ2) is 5.93. The maximum atomic E-state index is 12.7. The number of benzene rings is 1. The van der Waals surface area contributed by atoms with E-state index < -0.39 is 19.9 Å². The van der Waals surface area contributed by atoms with Gasteiger partial charge in [0.1, 0.15) is 11.6 Å². The maximum absolute atomic E-state index is 12.7. The fraction of sp³-hybridized carbons (Fsp3) is 0.0769. The monoisotopic (exact) mass is 331 g/mol. The Morgan fingerprint density at radius 2 is 2.00 bits per heavy atom. The van der Waals surface area contributed by atoms with Crippen LogP contribution in [0.3, 0.4) is 0 Å². The van der Waals surface area contributed by atoms with E-state index >= 15 is 0 Å². The first-order valence-corrected chi connectivity index (χ1v) is 8.11. The average Bonchev–Trinajstić information content (AvgIpc) is 2.89. The van der Waals surface area contributed by atoms with Gasteiger partial charge in [-0.05, 0) is 24.5 Å². The molecule has 2 rings (SSSR count). The lowest BCUT2D eigenvalue weighted by Crippen LogP contribution is -2.20. The Balaban J connectivity index is 2.72. The van der Waals surface area contributed by atoms with Gasteiger partial charge in [0.25, 0.3) is 0 Å². The van der Waals surface area contributed by atoms with Gasteiger partial charge >= 0.3 is 0 Å². The number of rotatable bonds is 2. The van der Waals surface area contributed by atoms with Crippen molar-refractivity contribution in [2.75, 3.05) is 0 Å². The molecular formula is C13H9N5O2S2. The minimum absolute atomic E-state index is 0.0411. The summed E-state index contributed by atoms with van der Waals surface area (Å²) < 4.78 is 29.2. The zero-order valence-electron chi connectivity index (χ0n) is 11.3. The largest absolute Gasteiger partial charge is 0.322 e. The number of hydrazone groups is 1. The fourth-order valence-corrected chi connectivity index (χ4v) is 4.17. The van der Waals surface area contributed by atoms with Gasteiger partial charge in [-0.3, -0.25) is 0 Å². The molecule has 0 aliphatic heterocycles. The van der Waals surface area contributed by atoms with Crippen LogP contribution in [0.15, 0.2) is 34.4 Å². The zero-order chi connectivity index (χ0) is 16.3. The van der Waals surface area contributed by atoms with Crippen molar-refractivity contribution in [2.45, 2.75) is 11.9 Å². The Labute approximate surface area is 131 Å². The predicted octanol–water partition coefficient (Wildman–Crippen LogP) is 1.29. The van der Waals surface area contributed by atoms with E-state index in [2.05, 4.69) is 9.47 Å². The Hall–Kier alpha value is -2.75. The third-order valence-corrected chi connectivity index (χ3v) is 5.35. The molecule has 0 saturated heterocycles. The summed E-state index contributed by atoms with van der Waals surface area (Å²) in [6, 6.07) is 9.73. The molecule has 2 N–H and O–H groups in total. The summed E-state index contributed by atoms with van der Waals surface area (Å²) in [6.45, 7) is 1.59. The van der Waals surface area contributed by atoms with Crippen LogP contribution < -0.4 is 5.84 Å². The van der Waals surface area contributed by atoms with Crippen molar-refractivity contribution >= 4 is 26.4 Å². The highest BCUT2D eigenvalue weighted by Gasteiger charge is 2.32. The lowest BCUT2D eigenvalue weighted by atomic mass is 10.1. The topological polar surface area (TPSA) is 133 Å². The summed E-state index contributed by atoms with van der Waals surface area (Å²) in [5, 5.41) is 20.6. The Kier molecular flexibility index (Phi) is 4.22. The Morgan fingerprint density at radius 3 is 2.59 bits per heavy atom. The maximum Gasteiger partial charge on any atom is 0.245 e. The van der Waals surface area contributed by atoms with Crippen LogP contribution in [-0.2, 0) is 9.84 Å². The molecule has 1 aromatic carbocycles. The molecule has 2 aromatic rings. The van der Waals surface area contributed by atoms with E-state index in [0.717, 1.165) is 11.5 Å². The van der Waals surface area contributed by atoms with Crippen LogP contribution in [0.5, 0.6) is 0 Å². The summed E-state index contributed by atoms with van der Waals surface area (Å²) in [4.78, 5) is 0.478. The highest BCUT2D eigenvalue weighted by atomic mass is 32.2. The molecule has 9 heteroatoms. The van der Waals surface area contributed by atoms with Crippen LogP contribution in [0.25, 0.3) is 0 Å². The number of nitriles is 2. The van der Waals surface area contributed by atoms with Crippen LogP contribution in [0.4, 0.5) is 0 Å². The molecule has 22 heavy (non-hydrogen) atoms. The number of hydrogen-bond donors (Lipinski definition) is 1. The van der Waals surface area contributed by atoms with E-state index in [-0.39, 0.29) is 16.7 Å². The smallest absolute Gasteiger partial charge is 0.245 e. The highest BCUT2D eigenvalue weighted by molar-refractivity contribution is 8.07. The van der Waals surface area contributed by atoms with E-state index in [1.165, 1.54) is 12.1 Å². The highest BCUT2D eigenvalue weighted by Crippen LogP contribution is 2.25. The van der Waals surface area contributed by atoms with Gasteiger partial charge in [-0.1, -0.05) is 18.2 Å². The van der Waals surface area contributed by atoms with E-state index in [4.69, 9.17) is 16.4 Å². The second-order valence-corrected chi connectivity index (χ2v) is 6.88. The summed E-state index contributed by atoms with van der Waals surface area (Å²) in [6.07, 6.45) is 0. The molecule has 0 bridgehead atoms. The molecule has 0 aliphatic rings. The first kappa shape index (κ1) is 15.6. The van der Waals surface area contributed by atoms with Gasteiger partial charge in [-0.25, -0.2) is 8.42 Å². The van der Waals surface area contributed by atoms with Crippen LogP contribution >= 0.6 is 11.5 Å². The molecule has 0 amide bonds. The molecule has 7 nitrogen and oxygen atoms in total. The van der Waals surface area contributed by atoms with Gasteiger partial charge in [0.05, 0.1) is 11.6 Å². The van der Waals surface area contributed by atoms with Crippen molar-refractivity contribution in [3.63, 3.8) is 0 Å². The fourth-order valence-electron chi connectivity index (χ4n) is 1.80. The number of sulfone groups is 1. The SMILES string of the molecule is Cc1snc(S(=O)(=O)/C(=N/N)c2ccccc2C#N)c1C#N. The first-order chi connectivity index (χ1) is 10.5. The molecule has 0 radical (unpaired) electrons. The number of aryl methyl sites for hydroxylation is 1. The van der Waals surface area contributed by atoms with Crippen molar-refractivity contribution in [1.82, 2.24) is 4.37 Å². The molecule has 0 saturated carbocycles.